The lowest BCUT2D eigenvalue weighted by Gasteiger charge is -2.16. The molecule has 0 bridgehead atoms. The van der Waals surface area contributed by atoms with Crippen molar-refractivity contribution in [2.45, 2.75) is 0 Å². The van der Waals surface area contributed by atoms with Crippen molar-refractivity contribution in [3.63, 3.8) is 0 Å². The average molecular weight is 536 g/mol. The third-order valence-electron chi connectivity index (χ3n) is 8.60. The molecule has 196 valence electrons. The first-order valence-electron chi connectivity index (χ1n) is 14.3. The number of fused-ring (bicyclic) bond motifs is 8. The average Bonchev–Trinajstić information content (AvgIpc) is 3.58. The second kappa shape index (κ2) is 8.92. The maximum Gasteiger partial charge on any atom is 0.0789 e. The Morgan fingerprint density at radius 3 is 1.71 bits per heavy atom. The Morgan fingerprint density at radius 1 is 0.405 bits per heavy atom. The molecule has 0 unspecified atom stereocenters. The molecule has 3 aromatic heterocycles. The van der Waals surface area contributed by atoms with E-state index in [-0.39, 0.29) is 0 Å². The Hall–Kier alpha value is -5.67. The lowest BCUT2D eigenvalue weighted by Crippen LogP contribution is -2.00. The quantitative estimate of drug-likeness (QED) is 0.221. The van der Waals surface area contributed by atoms with E-state index in [1.54, 1.807) is 0 Å². The topological polar surface area (TPSA) is 22.8 Å². The van der Waals surface area contributed by atoms with E-state index in [4.69, 9.17) is 0 Å². The minimum Gasteiger partial charge on any atom is -0.307 e. The molecule has 0 fully saturated rings. The summed E-state index contributed by atoms with van der Waals surface area (Å²) in [7, 11) is 0. The number of hydrogen-bond donors (Lipinski definition) is 0. The van der Waals surface area contributed by atoms with Crippen LogP contribution >= 0.6 is 0 Å². The molecule has 0 aliphatic carbocycles. The van der Waals surface area contributed by atoms with Gasteiger partial charge in [0.2, 0.25) is 0 Å². The summed E-state index contributed by atoms with van der Waals surface area (Å²) >= 11 is 0. The molecule has 9 aromatic rings. The Labute approximate surface area is 242 Å². The second-order valence-electron chi connectivity index (χ2n) is 10.8. The molecule has 0 N–H and O–H groups in total. The molecule has 0 atom stereocenters. The molecule has 0 spiro atoms. The molecule has 0 aliphatic heterocycles. The molecule has 3 heteroatoms. The SMILES string of the molecule is c1ccc(-c2ccc(-n3c4ccccc4c4ccc5c6ccccc6n(-c6ccccc6)c5c43)c3ccncc23)cc1. The number of hydrogen-bond acceptors (Lipinski definition) is 1. The molecule has 0 radical (unpaired) electrons. The molecular weight excluding hydrogens is 510 g/mol. The summed E-state index contributed by atoms with van der Waals surface area (Å²) in [5, 5.41) is 7.30. The summed E-state index contributed by atoms with van der Waals surface area (Å²) in [6, 6.07) is 50.1. The first kappa shape index (κ1) is 23.1. The van der Waals surface area contributed by atoms with Crippen molar-refractivity contribution in [3.05, 3.63) is 152 Å². The number of nitrogens with zero attached hydrogens (tertiary/aromatic N) is 3. The summed E-state index contributed by atoms with van der Waals surface area (Å²) in [4.78, 5) is 4.57. The Balaban J connectivity index is 1.50. The smallest absolute Gasteiger partial charge is 0.0789 e. The van der Waals surface area contributed by atoms with Gasteiger partial charge in [-0.2, -0.15) is 0 Å². The minimum atomic E-state index is 1.14. The van der Waals surface area contributed by atoms with Gasteiger partial charge in [0.1, 0.15) is 0 Å². The number of aromatic nitrogens is 3. The molecule has 0 saturated heterocycles. The van der Waals surface area contributed by atoms with Crippen molar-refractivity contribution in [2.24, 2.45) is 0 Å². The van der Waals surface area contributed by atoms with Crippen LogP contribution in [0.15, 0.2) is 152 Å². The number of pyridine rings is 1. The van der Waals surface area contributed by atoms with Gasteiger partial charge in [-0.15, -0.1) is 0 Å². The van der Waals surface area contributed by atoms with Crippen molar-refractivity contribution < 1.29 is 0 Å². The van der Waals surface area contributed by atoms with Gasteiger partial charge >= 0.3 is 0 Å². The zero-order chi connectivity index (χ0) is 27.6. The number of benzene rings is 6. The molecule has 0 aliphatic rings. The summed E-state index contributed by atoms with van der Waals surface area (Å²) < 4.78 is 4.91. The molecule has 0 saturated carbocycles. The predicted octanol–water partition coefficient (Wildman–Crippen LogP) is 10.1. The Morgan fingerprint density at radius 2 is 1.00 bits per heavy atom. The van der Waals surface area contributed by atoms with Crippen LogP contribution in [-0.2, 0) is 0 Å². The first-order valence-corrected chi connectivity index (χ1v) is 14.3. The van der Waals surface area contributed by atoms with E-state index in [1.165, 1.54) is 60.1 Å². The summed E-state index contributed by atoms with van der Waals surface area (Å²) in [6.07, 6.45) is 3.91. The van der Waals surface area contributed by atoms with E-state index < -0.39 is 0 Å². The third-order valence-corrected chi connectivity index (χ3v) is 8.60. The van der Waals surface area contributed by atoms with E-state index in [0.717, 1.165) is 16.8 Å². The van der Waals surface area contributed by atoms with Gasteiger partial charge in [0.05, 0.1) is 27.8 Å². The van der Waals surface area contributed by atoms with Gasteiger partial charge in [0, 0.05) is 50.4 Å². The monoisotopic (exact) mass is 535 g/mol. The van der Waals surface area contributed by atoms with Crippen molar-refractivity contribution in [1.82, 2.24) is 14.1 Å². The largest absolute Gasteiger partial charge is 0.307 e. The highest BCUT2D eigenvalue weighted by Crippen LogP contribution is 2.43. The van der Waals surface area contributed by atoms with E-state index in [0.29, 0.717) is 0 Å². The Kier molecular flexibility index (Phi) is 4.90. The third kappa shape index (κ3) is 3.19. The molecule has 3 nitrogen and oxygen atoms in total. The fourth-order valence-corrected chi connectivity index (χ4v) is 6.83. The van der Waals surface area contributed by atoms with Crippen LogP contribution in [0.25, 0.3) is 76.9 Å². The van der Waals surface area contributed by atoms with Gasteiger partial charge in [0.25, 0.3) is 0 Å². The molecule has 9 rings (SSSR count). The molecule has 3 heterocycles. The van der Waals surface area contributed by atoms with Crippen LogP contribution < -0.4 is 0 Å². The van der Waals surface area contributed by atoms with Gasteiger partial charge in [0.15, 0.2) is 0 Å². The predicted molar refractivity (Wildman–Crippen MR) is 176 cm³/mol. The van der Waals surface area contributed by atoms with Crippen LogP contribution in [0.5, 0.6) is 0 Å². The molecule has 0 amide bonds. The fraction of sp³-hybridized carbons (Fsp3) is 0. The number of para-hydroxylation sites is 3. The van der Waals surface area contributed by atoms with Crippen LogP contribution in [0.2, 0.25) is 0 Å². The highest BCUT2D eigenvalue weighted by Gasteiger charge is 2.22. The van der Waals surface area contributed by atoms with Crippen LogP contribution in [0.1, 0.15) is 0 Å². The van der Waals surface area contributed by atoms with Gasteiger partial charge in [-0.1, -0.05) is 103 Å². The maximum atomic E-state index is 4.57. The van der Waals surface area contributed by atoms with Gasteiger partial charge in [-0.05, 0) is 47.5 Å². The highest BCUT2D eigenvalue weighted by atomic mass is 15.0. The van der Waals surface area contributed by atoms with E-state index in [1.807, 2.05) is 12.4 Å². The molecular formula is C39H25N3. The van der Waals surface area contributed by atoms with Crippen LogP contribution in [0, 0.1) is 0 Å². The lowest BCUT2D eigenvalue weighted by atomic mass is 9.98. The van der Waals surface area contributed by atoms with Crippen LogP contribution in [-0.4, -0.2) is 14.1 Å². The molecule has 42 heavy (non-hydrogen) atoms. The van der Waals surface area contributed by atoms with Gasteiger partial charge in [-0.3, -0.25) is 4.98 Å². The van der Waals surface area contributed by atoms with Crippen molar-refractivity contribution >= 4 is 54.4 Å². The van der Waals surface area contributed by atoms with Crippen LogP contribution in [0.3, 0.4) is 0 Å². The van der Waals surface area contributed by atoms with E-state index in [2.05, 4.69) is 154 Å². The Bertz CT molecular complexity index is 2450. The number of rotatable bonds is 3. The van der Waals surface area contributed by atoms with Gasteiger partial charge in [-0.25, -0.2) is 0 Å². The maximum absolute atomic E-state index is 4.57. The van der Waals surface area contributed by atoms with E-state index >= 15 is 0 Å². The van der Waals surface area contributed by atoms with Crippen molar-refractivity contribution in [1.29, 1.82) is 0 Å². The van der Waals surface area contributed by atoms with Gasteiger partial charge < -0.3 is 9.13 Å². The zero-order valence-electron chi connectivity index (χ0n) is 22.8. The summed E-state index contributed by atoms with van der Waals surface area (Å²) in [5.74, 6) is 0. The summed E-state index contributed by atoms with van der Waals surface area (Å²) in [5.41, 5.74) is 9.50. The van der Waals surface area contributed by atoms with E-state index in [9.17, 15) is 0 Å². The summed E-state index contributed by atoms with van der Waals surface area (Å²) in [6.45, 7) is 0. The zero-order valence-corrected chi connectivity index (χ0v) is 22.8. The van der Waals surface area contributed by atoms with Crippen molar-refractivity contribution in [2.75, 3.05) is 0 Å². The highest BCUT2D eigenvalue weighted by molar-refractivity contribution is 6.24. The van der Waals surface area contributed by atoms with Crippen molar-refractivity contribution in [3.8, 4) is 22.5 Å². The molecule has 6 aromatic carbocycles. The fourth-order valence-electron chi connectivity index (χ4n) is 6.83. The van der Waals surface area contributed by atoms with Crippen LogP contribution in [0.4, 0.5) is 0 Å². The standard InChI is InChI=1S/C39H25N3/c1-3-11-26(12-4-1)28-21-22-37(31-23-24-40-25-34(28)31)42-36-18-10-8-16-30(36)33-20-19-32-29-15-7-9-17-35(29)41(38(32)39(33)42)27-13-5-2-6-14-27/h1-25H. The first-order chi connectivity index (χ1) is 20.9. The second-order valence-corrected chi connectivity index (χ2v) is 10.8. The normalized spacial score (nSPS) is 11.8. The lowest BCUT2D eigenvalue weighted by molar-refractivity contribution is 1.16. The minimum absolute atomic E-state index is 1.14.